The molecule has 7 nitrogen and oxygen atoms in total. The van der Waals surface area contributed by atoms with Crippen molar-refractivity contribution >= 4 is 35.1 Å². The summed E-state index contributed by atoms with van der Waals surface area (Å²) in [6.07, 6.45) is 3.21. The second-order valence-corrected chi connectivity index (χ2v) is 9.15. The molecule has 180 valence electrons. The van der Waals surface area contributed by atoms with Crippen LogP contribution in [0.4, 0.5) is 0 Å². The summed E-state index contributed by atoms with van der Waals surface area (Å²) in [5, 5.41) is 7.53. The molecule has 35 heavy (non-hydrogen) atoms. The number of ether oxygens (including phenoxy) is 1. The number of likely N-dealkylation sites (tertiary alicyclic amines) is 1. The first-order valence-electron chi connectivity index (χ1n) is 11.4. The molecule has 1 fully saturated rings. The quantitative estimate of drug-likeness (QED) is 0.446. The first-order chi connectivity index (χ1) is 17.0. The Labute approximate surface area is 208 Å². The van der Waals surface area contributed by atoms with Crippen LogP contribution in [-0.2, 0) is 22.7 Å². The Morgan fingerprint density at radius 1 is 1.06 bits per heavy atom. The predicted molar refractivity (Wildman–Crippen MR) is 136 cm³/mol. The molecule has 1 aromatic heterocycles. The van der Waals surface area contributed by atoms with Gasteiger partial charge < -0.3 is 20.3 Å². The fraction of sp³-hybridized carbons (Fsp3) is 0.222. The first-order valence-corrected chi connectivity index (χ1v) is 12.2. The van der Waals surface area contributed by atoms with Crippen molar-refractivity contribution in [2.45, 2.75) is 25.9 Å². The highest BCUT2D eigenvalue weighted by molar-refractivity contribution is 7.10. The Bertz CT molecular complexity index is 1200. The summed E-state index contributed by atoms with van der Waals surface area (Å²) in [6, 6.07) is 18.3. The molecule has 0 saturated carbocycles. The van der Waals surface area contributed by atoms with Crippen LogP contribution in [0.25, 0.3) is 6.08 Å². The highest BCUT2D eigenvalue weighted by Gasteiger charge is 2.20. The molecule has 2 heterocycles. The Hall–Kier alpha value is -3.91. The molecule has 4 rings (SSSR count). The average Bonchev–Trinajstić information content (AvgIpc) is 3.54. The van der Waals surface area contributed by atoms with E-state index in [1.807, 2.05) is 46.7 Å². The van der Waals surface area contributed by atoms with Crippen molar-refractivity contribution in [1.82, 2.24) is 15.5 Å². The Morgan fingerprint density at radius 2 is 1.80 bits per heavy atom. The molecule has 1 aliphatic rings. The topological polar surface area (TPSA) is 87.7 Å². The minimum atomic E-state index is -0.383. The van der Waals surface area contributed by atoms with E-state index in [4.69, 9.17) is 4.74 Å². The van der Waals surface area contributed by atoms with Crippen molar-refractivity contribution in [2.75, 3.05) is 13.7 Å². The van der Waals surface area contributed by atoms with Gasteiger partial charge in [-0.25, -0.2) is 0 Å². The number of thiophene rings is 1. The number of carbonyl (C=O) groups is 3. The molecular weight excluding hydrogens is 462 g/mol. The van der Waals surface area contributed by atoms with Crippen LogP contribution in [0.2, 0.25) is 0 Å². The molecule has 0 atom stereocenters. The third-order valence-electron chi connectivity index (χ3n) is 5.70. The zero-order valence-electron chi connectivity index (χ0n) is 19.5. The molecular formula is C27H27N3O4S. The minimum Gasteiger partial charge on any atom is -0.497 e. The van der Waals surface area contributed by atoms with Gasteiger partial charge in [0, 0.05) is 36.5 Å². The number of hydrogen-bond acceptors (Lipinski definition) is 5. The van der Waals surface area contributed by atoms with Crippen LogP contribution in [0.3, 0.4) is 0 Å². The van der Waals surface area contributed by atoms with Gasteiger partial charge in [0.2, 0.25) is 5.91 Å². The molecule has 0 bridgehead atoms. The number of rotatable bonds is 9. The van der Waals surface area contributed by atoms with Crippen LogP contribution >= 0.6 is 11.3 Å². The normalized spacial score (nSPS) is 13.6. The Kier molecular flexibility index (Phi) is 7.95. The van der Waals surface area contributed by atoms with Gasteiger partial charge in [-0.05, 0) is 59.3 Å². The van der Waals surface area contributed by atoms with Crippen molar-refractivity contribution < 1.29 is 19.1 Å². The number of methoxy groups -OCH3 is 1. The molecule has 8 heteroatoms. The van der Waals surface area contributed by atoms with E-state index in [9.17, 15) is 14.4 Å². The van der Waals surface area contributed by atoms with Gasteiger partial charge in [-0.3, -0.25) is 14.4 Å². The monoisotopic (exact) mass is 489 g/mol. The zero-order valence-corrected chi connectivity index (χ0v) is 20.3. The second-order valence-electron chi connectivity index (χ2n) is 8.17. The molecule has 0 spiro atoms. The Morgan fingerprint density at radius 3 is 2.43 bits per heavy atom. The van der Waals surface area contributed by atoms with Crippen molar-refractivity contribution in [3.63, 3.8) is 0 Å². The van der Waals surface area contributed by atoms with Crippen molar-refractivity contribution in [3.8, 4) is 5.75 Å². The molecule has 2 N–H and O–H groups in total. The van der Waals surface area contributed by atoms with Gasteiger partial charge >= 0.3 is 0 Å². The van der Waals surface area contributed by atoms with E-state index < -0.39 is 0 Å². The molecule has 1 saturated heterocycles. The maximum Gasteiger partial charge on any atom is 0.268 e. The molecule has 0 radical (unpaired) electrons. The molecule has 2 aromatic carbocycles. The Balaban J connectivity index is 1.39. The second kappa shape index (κ2) is 11.5. The van der Waals surface area contributed by atoms with Crippen LogP contribution in [0.1, 0.15) is 39.2 Å². The lowest BCUT2D eigenvalue weighted by Crippen LogP contribution is -2.34. The van der Waals surface area contributed by atoms with Gasteiger partial charge in [-0.1, -0.05) is 30.3 Å². The van der Waals surface area contributed by atoms with E-state index in [1.54, 1.807) is 37.5 Å². The molecule has 0 aliphatic carbocycles. The summed E-state index contributed by atoms with van der Waals surface area (Å²) >= 11 is 1.47. The summed E-state index contributed by atoms with van der Waals surface area (Å²) < 4.78 is 5.13. The van der Waals surface area contributed by atoms with Crippen LogP contribution in [0, 0.1) is 0 Å². The summed E-state index contributed by atoms with van der Waals surface area (Å²) in [5.41, 5.74) is 2.56. The smallest absolute Gasteiger partial charge is 0.268 e. The van der Waals surface area contributed by atoms with Crippen LogP contribution in [-0.4, -0.2) is 36.3 Å². The van der Waals surface area contributed by atoms with Gasteiger partial charge in [0.05, 0.1) is 7.11 Å². The maximum absolute atomic E-state index is 13.0. The van der Waals surface area contributed by atoms with Gasteiger partial charge in [-0.2, -0.15) is 0 Å². The van der Waals surface area contributed by atoms with Gasteiger partial charge in [0.15, 0.2) is 0 Å². The van der Waals surface area contributed by atoms with Gasteiger partial charge in [0.25, 0.3) is 11.8 Å². The lowest BCUT2D eigenvalue weighted by molar-refractivity contribution is -0.128. The van der Waals surface area contributed by atoms with Crippen molar-refractivity contribution in [1.29, 1.82) is 0 Å². The highest BCUT2D eigenvalue weighted by Crippen LogP contribution is 2.16. The summed E-state index contributed by atoms with van der Waals surface area (Å²) in [7, 11) is 1.56. The largest absolute Gasteiger partial charge is 0.497 e. The molecule has 1 aliphatic heterocycles. The van der Waals surface area contributed by atoms with Gasteiger partial charge in [0.1, 0.15) is 11.4 Å². The van der Waals surface area contributed by atoms with E-state index in [0.717, 1.165) is 29.0 Å². The number of nitrogens with one attached hydrogen (secondary N) is 2. The minimum absolute atomic E-state index is 0.164. The lowest BCUT2D eigenvalue weighted by Gasteiger charge is -2.16. The fourth-order valence-electron chi connectivity index (χ4n) is 3.74. The number of hydrogen-bond donors (Lipinski definition) is 2. The number of benzene rings is 2. The number of amides is 3. The molecule has 0 unspecified atom stereocenters. The van der Waals surface area contributed by atoms with E-state index in [-0.39, 0.29) is 23.4 Å². The maximum atomic E-state index is 13.0. The van der Waals surface area contributed by atoms with Crippen LogP contribution in [0.15, 0.2) is 71.7 Å². The van der Waals surface area contributed by atoms with E-state index >= 15 is 0 Å². The van der Waals surface area contributed by atoms with E-state index in [2.05, 4.69) is 10.6 Å². The first kappa shape index (κ1) is 24.2. The summed E-state index contributed by atoms with van der Waals surface area (Å²) in [5.74, 6) is 0.0770. The van der Waals surface area contributed by atoms with Crippen molar-refractivity contribution in [2.24, 2.45) is 0 Å². The SMILES string of the molecule is COc1ccc(C(=O)N/C(=C\c2cccs2)C(=O)NCc2ccc(CN3CCCC3=O)cc2)cc1. The lowest BCUT2D eigenvalue weighted by atomic mass is 10.1. The van der Waals surface area contributed by atoms with Crippen molar-refractivity contribution in [3.05, 3.63) is 93.3 Å². The third kappa shape index (κ3) is 6.58. The highest BCUT2D eigenvalue weighted by atomic mass is 32.1. The van der Waals surface area contributed by atoms with Crippen LogP contribution in [0.5, 0.6) is 5.75 Å². The zero-order chi connectivity index (χ0) is 24.6. The predicted octanol–water partition coefficient (Wildman–Crippen LogP) is 3.97. The van der Waals surface area contributed by atoms with Gasteiger partial charge in [-0.15, -0.1) is 11.3 Å². The fourth-order valence-corrected chi connectivity index (χ4v) is 4.40. The van der Waals surface area contributed by atoms with E-state index in [0.29, 0.717) is 30.8 Å². The number of carbonyl (C=O) groups excluding carboxylic acids is 3. The van der Waals surface area contributed by atoms with Crippen LogP contribution < -0.4 is 15.4 Å². The average molecular weight is 490 g/mol. The molecule has 3 amide bonds. The number of nitrogens with zero attached hydrogens (tertiary/aromatic N) is 1. The third-order valence-corrected chi connectivity index (χ3v) is 6.51. The standard InChI is InChI=1S/C27H27N3O4S/c1-34-22-12-10-21(11-13-22)26(32)29-24(16-23-4-3-15-35-23)27(33)28-17-19-6-8-20(9-7-19)18-30-14-2-5-25(30)31/h3-4,6-13,15-16H,2,5,14,17-18H2,1H3,(H,28,33)(H,29,32)/b24-16-. The summed E-state index contributed by atoms with van der Waals surface area (Å²) in [4.78, 5) is 40.3. The molecule has 3 aromatic rings. The summed E-state index contributed by atoms with van der Waals surface area (Å²) in [6.45, 7) is 1.72. The van der Waals surface area contributed by atoms with E-state index in [1.165, 1.54) is 11.3 Å².